The first-order valence-corrected chi connectivity index (χ1v) is 5.34. The monoisotopic (exact) mass is 284 g/mol. The molecule has 0 aliphatic heterocycles. The van der Waals surface area contributed by atoms with Gasteiger partial charge < -0.3 is 13.9 Å². The molecule has 0 atom stereocenters. The second-order valence-electron chi connectivity index (χ2n) is 3.11. The Hall–Kier alpha value is -1.33. The molecule has 84 valence electrons. The fourth-order valence-electron chi connectivity index (χ4n) is 1.32. The Morgan fingerprint density at radius 2 is 2.25 bits per heavy atom. The molecule has 5 heteroatoms. The van der Waals surface area contributed by atoms with Crippen molar-refractivity contribution in [1.29, 1.82) is 0 Å². The number of benzene rings is 1. The lowest BCUT2D eigenvalue weighted by Gasteiger charge is -2.07. The highest BCUT2D eigenvalue weighted by molar-refractivity contribution is 9.10. The molecule has 1 heterocycles. The minimum absolute atomic E-state index is 0.101. The summed E-state index contributed by atoms with van der Waals surface area (Å²) < 4.78 is 16.0. The lowest BCUT2D eigenvalue weighted by Crippen LogP contribution is -2.02. The highest BCUT2D eigenvalue weighted by Crippen LogP contribution is 2.29. The van der Waals surface area contributed by atoms with Gasteiger partial charge in [-0.05, 0) is 28.1 Å². The van der Waals surface area contributed by atoms with E-state index in [4.69, 9.17) is 13.9 Å². The molecule has 0 fully saturated rings. The lowest BCUT2D eigenvalue weighted by atomic mass is 10.2. The van der Waals surface area contributed by atoms with E-state index in [0.717, 1.165) is 0 Å². The maximum Gasteiger partial charge on any atom is 0.192 e. The van der Waals surface area contributed by atoms with Gasteiger partial charge in [0, 0.05) is 13.2 Å². The largest absolute Gasteiger partial charge is 0.466 e. The SMILES string of the molecule is COCOc1cc2c(=O)ccoc2cc1Br. The van der Waals surface area contributed by atoms with Gasteiger partial charge in [-0.2, -0.15) is 0 Å². The predicted molar refractivity (Wildman–Crippen MR) is 62.7 cm³/mol. The van der Waals surface area contributed by atoms with E-state index in [-0.39, 0.29) is 12.2 Å². The van der Waals surface area contributed by atoms with Crippen molar-refractivity contribution in [3.63, 3.8) is 0 Å². The second kappa shape index (κ2) is 4.67. The minimum atomic E-state index is -0.101. The zero-order chi connectivity index (χ0) is 11.5. The Bertz CT molecular complexity index is 561. The van der Waals surface area contributed by atoms with Gasteiger partial charge in [-0.1, -0.05) is 0 Å². The van der Waals surface area contributed by atoms with Crippen molar-refractivity contribution in [3.05, 3.63) is 39.2 Å². The summed E-state index contributed by atoms with van der Waals surface area (Å²) in [7, 11) is 1.53. The van der Waals surface area contributed by atoms with Crippen LogP contribution in [-0.2, 0) is 4.74 Å². The average Bonchev–Trinajstić information content (AvgIpc) is 2.27. The summed E-state index contributed by atoms with van der Waals surface area (Å²) >= 11 is 3.33. The van der Waals surface area contributed by atoms with Crippen LogP contribution in [0.15, 0.2) is 38.1 Å². The van der Waals surface area contributed by atoms with Crippen LogP contribution < -0.4 is 10.2 Å². The molecule has 0 saturated carbocycles. The summed E-state index contributed by atoms with van der Waals surface area (Å²) in [5, 5.41) is 0.483. The molecule has 0 amide bonds. The first-order valence-electron chi connectivity index (χ1n) is 4.55. The summed E-state index contributed by atoms with van der Waals surface area (Å²) in [6.07, 6.45) is 1.37. The Balaban J connectivity index is 2.55. The molecule has 1 aromatic carbocycles. The average molecular weight is 285 g/mol. The van der Waals surface area contributed by atoms with Crippen LogP contribution in [0.2, 0.25) is 0 Å². The van der Waals surface area contributed by atoms with E-state index in [2.05, 4.69) is 15.9 Å². The molecular weight excluding hydrogens is 276 g/mol. The van der Waals surface area contributed by atoms with Crippen molar-refractivity contribution < 1.29 is 13.9 Å². The molecule has 0 aliphatic carbocycles. The molecule has 0 bridgehead atoms. The number of methoxy groups -OCH3 is 1. The Morgan fingerprint density at radius 1 is 1.44 bits per heavy atom. The van der Waals surface area contributed by atoms with Crippen LogP contribution in [0.3, 0.4) is 0 Å². The number of halogens is 1. The summed E-state index contributed by atoms with van der Waals surface area (Å²) in [6.45, 7) is 0.127. The fraction of sp³-hybridized carbons (Fsp3) is 0.182. The van der Waals surface area contributed by atoms with Crippen molar-refractivity contribution in [2.75, 3.05) is 13.9 Å². The van der Waals surface area contributed by atoms with Gasteiger partial charge >= 0.3 is 0 Å². The van der Waals surface area contributed by atoms with E-state index in [0.29, 0.717) is 21.2 Å². The van der Waals surface area contributed by atoms with E-state index in [1.54, 1.807) is 12.1 Å². The van der Waals surface area contributed by atoms with Crippen molar-refractivity contribution in [1.82, 2.24) is 0 Å². The minimum Gasteiger partial charge on any atom is -0.466 e. The van der Waals surface area contributed by atoms with E-state index < -0.39 is 0 Å². The molecule has 0 unspecified atom stereocenters. The van der Waals surface area contributed by atoms with Crippen molar-refractivity contribution in [2.45, 2.75) is 0 Å². The highest BCUT2D eigenvalue weighted by Gasteiger charge is 2.07. The molecule has 0 saturated heterocycles. The molecule has 1 aromatic heterocycles. The van der Waals surface area contributed by atoms with Gasteiger partial charge in [-0.15, -0.1) is 0 Å². The van der Waals surface area contributed by atoms with E-state index in [1.165, 1.54) is 19.4 Å². The van der Waals surface area contributed by atoms with Gasteiger partial charge in [0.2, 0.25) is 0 Å². The quantitative estimate of drug-likeness (QED) is 0.813. The molecule has 16 heavy (non-hydrogen) atoms. The third-order valence-corrected chi connectivity index (χ3v) is 2.67. The van der Waals surface area contributed by atoms with Crippen molar-refractivity contribution >= 4 is 26.9 Å². The molecule has 0 aliphatic rings. The first-order chi connectivity index (χ1) is 7.72. The van der Waals surface area contributed by atoms with Crippen LogP contribution in [0.25, 0.3) is 11.0 Å². The summed E-state index contributed by atoms with van der Waals surface area (Å²) in [5.74, 6) is 0.549. The third kappa shape index (κ3) is 2.10. The number of ether oxygens (including phenoxy) is 2. The first kappa shape index (κ1) is 11.2. The molecule has 0 radical (unpaired) electrons. The normalized spacial score (nSPS) is 10.6. The maximum atomic E-state index is 11.6. The van der Waals surface area contributed by atoms with Crippen LogP contribution in [0.5, 0.6) is 5.75 Å². The van der Waals surface area contributed by atoms with Gasteiger partial charge in [0.25, 0.3) is 0 Å². The highest BCUT2D eigenvalue weighted by atomic mass is 79.9. The van der Waals surface area contributed by atoms with E-state index in [1.807, 2.05) is 0 Å². The lowest BCUT2D eigenvalue weighted by molar-refractivity contribution is 0.0507. The number of hydrogen-bond acceptors (Lipinski definition) is 4. The Morgan fingerprint density at radius 3 is 3.00 bits per heavy atom. The van der Waals surface area contributed by atoms with Crippen molar-refractivity contribution in [3.8, 4) is 5.75 Å². The molecule has 0 spiro atoms. The summed E-state index contributed by atoms with van der Waals surface area (Å²) in [5.41, 5.74) is 0.417. The van der Waals surface area contributed by atoms with E-state index in [9.17, 15) is 4.79 Å². The van der Waals surface area contributed by atoms with Crippen LogP contribution in [0.4, 0.5) is 0 Å². The summed E-state index contributed by atoms with van der Waals surface area (Å²) in [6, 6.07) is 4.70. The smallest absolute Gasteiger partial charge is 0.192 e. The van der Waals surface area contributed by atoms with Gasteiger partial charge in [0.05, 0.1) is 16.1 Å². The summed E-state index contributed by atoms with van der Waals surface area (Å²) in [4.78, 5) is 11.6. The number of rotatable bonds is 3. The topological polar surface area (TPSA) is 48.7 Å². The van der Waals surface area contributed by atoms with Crippen LogP contribution in [0, 0.1) is 0 Å². The fourth-order valence-corrected chi connectivity index (χ4v) is 1.75. The third-order valence-electron chi connectivity index (χ3n) is 2.05. The van der Waals surface area contributed by atoms with Gasteiger partial charge in [0.1, 0.15) is 11.3 Å². The van der Waals surface area contributed by atoms with Crippen molar-refractivity contribution in [2.24, 2.45) is 0 Å². The molecule has 2 aromatic rings. The Labute approximate surface area is 99.9 Å². The van der Waals surface area contributed by atoms with E-state index >= 15 is 0 Å². The predicted octanol–water partition coefficient (Wildman–Crippen LogP) is 2.54. The molecular formula is C11H9BrO4. The second-order valence-corrected chi connectivity index (χ2v) is 3.97. The maximum absolute atomic E-state index is 11.6. The molecule has 0 N–H and O–H groups in total. The molecule has 2 rings (SSSR count). The number of hydrogen-bond donors (Lipinski definition) is 0. The van der Waals surface area contributed by atoms with Gasteiger partial charge in [0.15, 0.2) is 12.2 Å². The van der Waals surface area contributed by atoms with Crippen LogP contribution in [0.1, 0.15) is 0 Å². The van der Waals surface area contributed by atoms with Crippen LogP contribution >= 0.6 is 15.9 Å². The van der Waals surface area contributed by atoms with Gasteiger partial charge in [-0.25, -0.2) is 0 Å². The standard InChI is InChI=1S/C11H9BrO4/c1-14-6-16-11-4-7-9(13)2-3-15-10(7)5-8(11)12/h2-5H,6H2,1H3. The number of fused-ring (bicyclic) bond motifs is 1. The zero-order valence-corrected chi connectivity index (χ0v) is 10.1. The van der Waals surface area contributed by atoms with Gasteiger partial charge in [-0.3, -0.25) is 4.79 Å². The van der Waals surface area contributed by atoms with Crippen LogP contribution in [-0.4, -0.2) is 13.9 Å². The molecule has 4 nitrogen and oxygen atoms in total. The zero-order valence-electron chi connectivity index (χ0n) is 8.53. The Kier molecular flexibility index (Phi) is 3.26.